The minimum Gasteiger partial charge on any atom is -0.452 e. The Labute approximate surface area is 220 Å². The number of fused-ring (bicyclic) bond motifs is 2. The maximum absolute atomic E-state index is 15.0. The lowest BCUT2D eigenvalue weighted by Gasteiger charge is -2.58. The number of carbonyl (C=O) groups excluding carboxylic acids is 2. The lowest BCUT2D eigenvalue weighted by Crippen LogP contribution is -2.64. The lowest BCUT2D eigenvalue weighted by atomic mass is 9.43. The summed E-state index contributed by atoms with van der Waals surface area (Å²) in [4.78, 5) is 28.4. The van der Waals surface area contributed by atoms with Gasteiger partial charge in [0.25, 0.3) is 0 Å². The molecule has 0 unspecified atom stereocenters. The highest BCUT2D eigenvalue weighted by atomic mass is 16.5. The Balaban J connectivity index is 1.53. The van der Waals surface area contributed by atoms with Gasteiger partial charge in [0.2, 0.25) is 0 Å². The van der Waals surface area contributed by atoms with Crippen LogP contribution in [0.1, 0.15) is 63.7 Å². The quantitative estimate of drug-likeness (QED) is 0.282. The molecule has 4 nitrogen and oxygen atoms in total. The van der Waals surface area contributed by atoms with Crippen LogP contribution in [0.5, 0.6) is 0 Å². The number of ether oxygens (including phenoxy) is 1. The summed E-state index contributed by atoms with van der Waals surface area (Å²) in [5.41, 5.74) is 0.142. The molecule has 4 heteroatoms. The Bertz CT molecular complexity index is 1180. The van der Waals surface area contributed by atoms with Gasteiger partial charge in [-0.1, -0.05) is 99.5 Å². The summed E-state index contributed by atoms with van der Waals surface area (Å²) in [6.07, 6.45) is 6.23. The van der Waals surface area contributed by atoms with Crippen molar-refractivity contribution in [2.45, 2.75) is 52.6 Å². The molecule has 4 aliphatic rings. The topological polar surface area (TPSA) is 63.6 Å². The standard InChI is InChI=1S/C33H38O4/c1-21(2)28-16-25-17-32(20-35)27-15-14-22(3)26(27)18-31(25,19-34)33(28,32)30(36)37-29(23-10-6-4-7-11-23)24-12-8-5-9-13-24/h4-13,16,20-22,25-27,29,34H,14-15,17-19H2,1-3H3/t22-,25+,26-,27-,31+,32+,33-/m1/s1. The molecular weight excluding hydrogens is 460 g/mol. The summed E-state index contributed by atoms with van der Waals surface area (Å²) in [7, 11) is 0. The van der Waals surface area contributed by atoms with Gasteiger partial charge in [0.1, 0.15) is 11.7 Å². The van der Waals surface area contributed by atoms with E-state index in [0.717, 1.165) is 42.2 Å². The molecule has 0 amide bonds. The zero-order valence-corrected chi connectivity index (χ0v) is 22.1. The third-order valence-electron chi connectivity index (χ3n) is 10.8. The maximum Gasteiger partial charge on any atom is 0.318 e. The van der Waals surface area contributed by atoms with E-state index in [1.54, 1.807) is 0 Å². The van der Waals surface area contributed by atoms with Crippen molar-refractivity contribution < 1.29 is 19.4 Å². The van der Waals surface area contributed by atoms with E-state index < -0.39 is 22.3 Å². The highest BCUT2D eigenvalue weighted by Crippen LogP contribution is 2.82. The van der Waals surface area contributed by atoms with Crippen LogP contribution in [0.2, 0.25) is 0 Å². The van der Waals surface area contributed by atoms with Gasteiger partial charge in [-0.25, -0.2) is 0 Å². The Morgan fingerprint density at radius 2 is 1.65 bits per heavy atom. The second kappa shape index (κ2) is 8.66. The van der Waals surface area contributed by atoms with Crippen LogP contribution < -0.4 is 0 Å². The smallest absolute Gasteiger partial charge is 0.318 e. The fourth-order valence-corrected chi connectivity index (χ4v) is 9.42. The third kappa shape index (κ3) is 2.99. The van der Waals surface area contributed by atoms with Gasteiger partial charge < -0.3 is 14.6 Å². The van der Waals surface area contributed by atoms with Crippen LogP contribution in [0.3, 0.4) is 0 Å². The fourth-order valence-electron chi connectivity index (χ4n) is 9.42. The van der Waals surface area contributed by atoms with E-state index in [0.29, 0.717) is 18.3 Å². The average Bonchev–Trinajstić information content (AvgIpc) is 3.50. The van der Waals surface area contributed by atoms with E-state index in [-0.39, 0.29) is 30.3 Å². The molecule has 6 rings (SSSR count). The molecule has 0 aromatic heterocycles. The highest BCUT2D eigenvalue weighted by Gasteiger charge is 2.84. The fraction of sp³-hybridized carbons (Fsp3) is 0.515. The summed E-state index contributed by atoms with van der Waals surface area (Å²) < 4.78 is 6.62. The number of hydrogen-bond donors (Lipinski definition) is 1. The first-order valence-electron chi connectivity index (χ1n) is 14.0. The molecule has 3 saturated carbocycles. The Morgan fingerprint density at radius 3 is 2.19 bits per heavy atom. The number of hydrogen-bond acceptors (Lipinski definition) is 4. The largest absolute Gasteiger partial charge is 0.452 e. The second-order valence-electron chi connectivity index (χ2n) is 12.4. The van der Waals surface area contributed by atoms with Crippen LogP contribution in [0.4, 0.5) is 0 Å². The molecule has 3 fully saturated rings. The summed E-state index contributed by atoms with van der Waals surface area (Å²) in [6, 6.07) is 19.7. The van der Waals surface area contributed by atoms with Crippen LogP contribution in [0.25, 0.3) is 0 Å². The first kappa shape index (κ1) is 24.6. The molecule has 0 saturated heterocycles. The number of esters is 1. The summed E-state index contributed by atoms with van der Waals surface area (Å²) >= 11 is 0. The van der Waals surface area contributed by atoms with Crippen molar-refractivity contribution in [1.29, 1.82) is 0 Å². The normalized spacial score (nSPS) is 37.5. The van der Waals surface area contributed by atoms with Gasteiger partial charge in [0.05, 0.1) is 12.0 Å². The molecule has 2 aromatic carbocycles. The first-order chi connectivity index (χ1) is 17.9. The van der Waals surface area contributed by atoms with Crippen LogP contribution >= 0.6 is 0 Å². The van der Waals surface area contributed by atoms with Gasteiger partial charge in [-0.2, -0.15) is 0 Å². The van der Waals surface area contributed by atoms with Crippen LogP contribution in [-0.2, 0) is 14.3 Å². The van der Waals surface area contributed by atoms with E-state index in [2.05, 4.69) is 26.8 Å². The van der Waals surface area contributed by atoms with E-state index in [1.165, 1.54) is 0 Å². The van der Waals surface area contributed by atoms with Crippen LogP contribution in [0, 0.1) is 45.8 Å². The number of rotatable bonds is 7. The van der Waals surface area contributed by atoms with E-state index in [4.69, 9.17) is 4.74 Å². The van der Waals surface area contributed by atoms with Gasteiger partial charge in [0, 0.05) is 5.41 Å². The number of aldehydes is 1. The molecule has 0 aliphatic heterocycles. The number of carbonyl (C=O) groups is 2. The molecule has 0 radical (unpaired) electrons. The molecule has 0 heterocycles. The van der Waals surface area contributed by atoms with Crippen molar-refractivity contribution in [1.82, 2.24) is 0 Å². The van der Waals surface area contributed by atoms with Crippen molar-refractivity contribution in [2.75, 3.05) is 6.61 Å². The molecule has 37 heavy (non-hydrogen) atoms. The van der Waals surface area contributed by atoms with Crippen LogP contribution in [0.15, 0.2) is 72.3 Å². The first-order valence-corrected chi connectivity index (χ1v) is 14.0. The van der Waals surface area contributed by atoms with Crippen molar-refractivity contribution in [3.63, 3.8) is 0 Å². The van der Waals surface area contributed by atoms with Crippen molar-refractivity contribution in [3.05, 3.63) is 83.4 Å². The Hall–Kier alpha value is -2.72. The molecule has 0 spiro atoms. The predicted octanol–water partition coefficient (Wildman–Crippen LogP) is 6.15. The molecule has 7 atom stereocenters. The van der Waals surface area contributed by atoms with E-state index in [9.17, 15) is 14.7 Å². The van der Waals surface area contributed by atoms with E-state index >= 15 is 0 Å². The van der Waals surface area contributed by atoms with Crippen molar-refractivity contribution in [2.24, 2.45) is 45.8 Å². The maximum atomic E-state index is 15.0. The monoisotopic (exact) mass is 498 g/mol. The summed E-state index contributed by atoms with van der Waals surface area (Å²) in [6.45, 7) is 6.40. The number of benzene rings is 2. The molecule has 194 valence electrons. The highest BCUT2D eigenvalue weighted by molar-refractivity contribution is 5.92. The Kier molecular flexibility index (Phi) is 5.76. The van der Waals surface area contributed by atoms with Gasteiger partial charge in [0.15, 0.2) is 6.10 Å². The molecule has 4 aliphatic carbocycles. The average molecular weight is 499 g/mol. The third-order valence-corrected chi connectivity index (χ3v) is 10.8. The summed E-state index contributed by atoms with van der Waals surface area (Å²) in [5.74, 6) is 0.742. The molecular formula is C33H38O4. The molecule has 4 bridgehead atoms. The lowest BCUT2D eigenvalue weighted by molar-refractivity contribution is -0.193. The SMILES string of the molecule is CC(C)C1=C[C@H]2C[C@]3(C=O)[C@@H]4CC[C@@H](C)[C@H]4C[C@@]2(CO)[C@]13C(=O)OC(c1ccccc1)c1ccccc1. The van der Waals surface area contributed by atoms with Gasteiger partial charge in [-0.05, 0) is 60.0 Å². The van der Waals surface area contributed by atoms with Gasteiger partial charge >= 0.3 is 5.97 Å². The number of allylic oxidation sites excluding steroid dienone is 1. The minimum atomic E-state index is -1.14. The van der Waals surface area contributed by atoms with Crippen molar-refractivity contribution in [3.8, 4) is 0 Å². The van der Waals surface area contributed by atoms with Gasteiger partial charge in [-0.15, -0.1) is 0 Å². The van der Waals surface area contributed by atoms with Crippen LogP contribution in [-0.4, -0.2) is 24.0 Å². The van der Waals surface area contributed by atoms with Gasteiger partial charge in [-0.3, -0.25) is 4.79 Å². The second-order valence-corrected chi connectivity index (χ2v) is 12.4. The van der Waals surface area contributed by atoms with Crippen molar-refractivity contribution >= 4 is 12.3 Å². The zero-order chi connectivity index (χ0) is 26.0. The zero-order valence-electron chi connectivity index (χ0n) is 22.1. The molecule has 1 N–H and O–H groups in total. The molecule has 2 aromatic rings. The number of aliphatic hydroxyl groups is 1. The Morgan fingerprint density at radius 1 is 1.03 bits per heavy atom. The summed E-state index contributed by atoms with van der Waals surface area (Å²) in [5, 5.41) is 11.2. The minimum absolute atomic E-state index is 0.0114. The van der Waals surface area contributed by atoms with E-state index in [1.807, 2.05) is 60.7 Å². The predicted molar refractivity (Wildman–Crippen MR) is 142 cm³/mol. The number of aliphatic hydroxyl groups excluding tert-OH is 1.